The van der Waals surface area contributed by atoms with E-state index in [0.29, 0.717) is 17.9 Å². The molecule has 162 valence electrons. The molecule has 0 saturated heterocycles. The minimum absolute atomic E-state index is 0.0125. The Hall–Kier alpha value is -2.89. The molecule has 2 rings (SSSR count). The standard InChI is InChI=1S/C24H31FN2O3/c1-5-14-26-24(29)18(4)27(15-19-10-6-8-12-21(19)25)23(28)16-30-22-13-9-7-11-20(22)17(2)3/h6-13,17-18H,5,14-16H2,1-4H3,(H,26,29)/t18-/m1/s1. The van der Waals surface area contributed by atoms with Gasteiger partial charge in [0.05, 0.1) is 0 Å². The molecule has 0 spiro atoms. The Bertz CT molecular complexity index is 854. The van der Waals surface area contributed by atoms with E-state index in [1.54, 1.807) is 25.1 Å². The number of hydrogen-bond donors (Lipinski definition) is 1. The van der Waals surface area contributed by atoms with Crippen molar-refractivity contribution in [3.05, 3.63) is 65.5 Å². The maximum atomic E-state index is 14.2. The molecule has 0 fully saturated rings. The number of para-hydroxylation sites is 1. The van der Waals surface area contributed by atoms with Crippen LogP contribution in [0.25, 0.3) is 0 Å². The van der Waals surface area contributed by atoms with Gasteiger partial charge in [-0.25, -0.2) is 4.39 Å². The van der Waals surface area contributed by atoms with Crippen LogP contribution in [-0.4, -0.2) is 35.9 Å². The van der Waals surface area contributed by atoms with Crippen molar-refractivity contribution < 1.29 is 18.7 Å². The van der Waals surface area contributed by atoms with Crippen LogP contribution in [0.2, 0.25) is 0 Å². The summed E-state index contributed by atoms with van der Waals surface area (Å²) in [6, 6.07) is 13.1. The highest BCUT2D eigenvalue weighted by Crippen LogP contribution is 2.26. The highest BCUT2D eigenvalue weighted by atomic mass is 19.1. The summed E-state index contributed by atoms with van der Waals surface area (Å²) in [5.41, 5.74) is 1.35. The number of nitrogens with zero attached hydrogens (tertiary/aromatic N) is 1. The van der Waals surface area contributed by atoms with Crippen molar-refractivity contribution in [2.75, 3.05) is 13.2 Å². The first-order chi connectivity index (χ1) is 14.3. The van der Waals surface area contributed by atoms with E-state index in [9.17, 15) is 14.0 Å². The molecule has 0 aliphatic heterocycles. The zero-order valence-electron chi connectivity index (χ0n) is 18.2. The SMILES string of the molecule is CCCNC(=O)[C@@H](C)N(Cc1ccccc1F)C(=O)COc1ccccc1C(C)C. The van der Waals surface area contributed by atoms with Gasteiger partial charge < -0.3 is 15.0 Å². The number of ether oxygens (including phenoxy) is 1. The molecule has 0 bridgehead atoms. The Morgan fingerprint density at radius 1 is 1.07 bits per heavy atom. The van der Waals surface area contributed by atoms with Crippen molar-refractivity contribution in [2.45, 2.75) is 52.6 Å². The van der Waals surface area contributed by atoms with Gasteiger partial charge in [0.25, 0.3) is 5.91 Å². The molecule has 0 aliphatic rings. The molecule has 0 radical (unpaired) electrons. The Kier molecular flexibility index (Phi) is 8.84. The summed E-state index contributed by atoms with van der Waals surface area (Å²) in [7, 11) is 0. The second kappa shape index (κ2) is 11.3. The molecule has 1 atom stereocenters. The van der Waals surface area contributed by atoms with Crippen LogP contribution in [-0.2, 0) is 16.1 Å². The van der Waals surface area contributed by atoms with Gasteiger partial charge in [-0.2, -0.15) is 0 Å². The molecule has 5 nitrogen and oxygen atoms in total. The molecule has 0 aliphatic carbocycles. The normalized spacial score (nSPS) is 11.8. The fourth-order valence-electron chi connectivity index (χ4n) is 3.10. The zero-order valence-corrected chi connectivity index (χ0v) is 18.2. The lowest BCUT2D eigenvalue weighted by atomic mass is 10.0. The molecule has 0 saturated carbocycles. The maximum Gasteiger partial charge on any atom is 0.261 e. The van der Waals surface area contributed by atoms with Gasteiger partial charge in [0, 0.05) is 18.7 Å². The number of halogens is 1. The Balaban J connectivity index is 2.19. The van der Waals surface area contributed by atoms with Crippen LogP contribution < -0.4 is 10.1 Å². The number of benzene rings is 2. The first kappa shape index (κ1) is 23.4. The highest BCUT2D eigenvalue weighted by Gasteiger charge is 2.27. The summed E-state index contributed by atoms with van der Waals surface area (Å²) in [5.74, 6) is -0.193. The molecular formula is C24H31FN2O3. The van der Waals surface area contributed by atoms with Gasteiger partial charge in [-0.1, -0.05) is 57.2 Å². The molecular weight excluding hydrogens is 383 g/mol. The van der Waals surface area contributed by atoms with Crippen molar-refractivity contribution in [1.29, 1.82) is 0 Å². The topological polar surface area (TPSA) is 58.6 Å². The number of rotatable bonds is 10. The smallest absolute Gasteiger partial charge is 0.261 e. The maximum absolute atomic E-state index is 14.2. The van der Waals surface area contributed by atoms with Crippen molar-refractivity contribution in [3.63, 3.8) is 0 Å². The second-order valence-electron chi connectivity index (χ2n) is 7.56. The van der Waals surface area contributed by atoms with E-state index < -0.39 is 11.9 Å². The van der Waals surface area contributed by atoms with Crippen LogP contribution in [0.3, 0.4) is 0 Å². The summed E-state index contributed by atoms with van der Waals surface area (Å²) in [6.45, 7) is 7.97. The average Bonchev–Trinajstić information content (AvgIpc) is 2.74. The van der Waals surface area contributed by atoms with E-state index in [1.807, 2.05) is 31.2 Å². The fraction of sp³-hybridized carbons (Fsp3) is 0.417. The quantitative estimate of drug-likeness (QED) is 0.632. The van der Waals surface area contributed by atoms with Gasteiger partial charge in [0.2, 0.25) is 5.91 Å². The molecule has 2 amide bonds. The van der Waals surface area contributed by atoms with Crippen LogP contribution in [0.5, 0.6) is 5.75 Å². The minimum Gasteiger partial charge on any atom is -0.483 e. The summed E-state index contributed by atoms with van der Waals surface area (Å²) in [6.07, 6.45) is 0.787. The van der Waals surface area contributed by atoms with Crippen molar-refractivity contribution >= 4 is 11.8 Å². The summed E-state index contributed by atoms with van der Waals surface area (Å²) in [4.78, 5) is 26.9. The molecule has 6 heteroatoms. The Morgan fingerprint density at radius 3 is 2.40 bits per heavy atom. The summed E-state index contributed by atoms with van der Waals surface area (Å²) in [5, 5.41) is 2.80. The molecule has 30 heavy (non-hydrogen) atoms. The number of amides is 2. The lowest BCUT2D eigenvalue weighted by Crippen LogP contribution is -2.49. The average molecular weight is 415 g/mol. The van der Waals surface area contributed by atoms with Crippen molar-refractivity contribution in [1.82, 2.24) is 10.2 Å². The molecule has 0 unspecified atom stereocenters. The van der Waals surface area contributed by atoms with E-state index >= 15 is 0 Å². The summed E-state index contributed by atoms with van der Waals surface area (Å²) >= 11 is 0. The molecule has 0 heterocycles. The lowest BCUT2D eigenvalue weighted by molar-refractivity contribution is -0.142. The van der Waals surface area contributed by atoms with Crippen LogP contribution in [0.15, 0.2) is 48.5 Å². The number of carbonyl (C=O) groups is 2. The van der Waals surface area contributed by atoms with E-state index in [-0.39, 0.29) is 30.9 Å². The second-order valence-corrected chi connectivity index (χ2v) is 7.56. The predicted octanol–water partition coefficient (Wildman–Crippen LogP) is 4.27. The zero-order chi connectivity index (χ0) is 22.1. The van der Waals surface area contributed by atoms with Crippen LogP contribution in [0.1, 0.15) is 51.2 Å². The van der Waals surface area contributed by atoms with Crippen molar-refractivity contribution in [2.24, 2.45) is 0 Å². The van der Waals surface area contributed by atoms with Crippen LogP contribution in [0, 0.1) is 5.82 Å². The largest absolute Gasteiger partial charge is 0.483 e. The number of carbonyl (C=O) groups excluding carboxylic acids is 2. The predicted molar refractivity (Wildman–Crippen MR) is 116 cm³/mol. The molecule has 1 N–H and O–H groups in total. The monoisotopic (exact) mass is 414 g/mol. The van der Waals surface area contributed by atoms with Gasteiger partial charge in [0.1, 0.15) is 17.6 Å². The van der Waals surface area contributed by atoms with E-state index in [2.05, 4.69) is 19.2 Å². The van der Waals surface area contributed by atoms with Gasteiger partial charge >= 0.3 is 0 Å². The first-order valence-electron chi connectivity index (χ1n) is 10.4. The van der Waals surface area contributed by atoms with Gasteiger partial charge in [-0.05, 0) is 37.0 Å². The third kappa shape index (κ3) is 6.31. The highest BCUT2D eigenvalue weighted by molar-refractivity contribution is 5.88. The van der Waals surface area contributed by atoms with Gasteiger partial charge in [-0.15, -0.1) is 0 Å². The van der Waals surface area contributed by atoms with Gasteiger partial charge in [-0.3, -0.25) is 9.59 Å². The molecule has 2 aromatic carbocycles. The minimum atomic E-state index is -0.757. The van der Waals surface area contributed by atoms with Crippen LogP contribution in [0.4, 0.5) is 4.39 Å². The molecule has 0 aromatic heterocycles. The van der Waals surface area contributed by atoms with Crippen molar-refractivity contribution in [3.8, 4) is 5.75 Å². The Morgan fingerprint density at radius 2 is 1.73 bits per heavy atom. The van der Waals surface area contributed by atoms with Crippen LogP contribution >= 0.6 is 0 Å². The number of hydrogen-bond acceptors (Lipinski definition) is 3. The first-order valence-corrected chi connectivity index (χ1v) is 10.4. The fourth-order valence-corrected chi connectivity index (χ4v) is 3.10. The third-order valence-corrected chi connectivity index (χ3v) is 4.91. The third-order valence-electron chi connectivity index (χ3n) is 4.91. The number of nitrogens with one attached hydrogen (secondary N) is 1. The van der Waals surface area contributed by atoms with E-state index in [4.69, 9.17) is 4.74 Å². The summed E-state index contributed by atoms with van der Waals surface area (Å²) < 4.78 is 20.0. The Labute approximate surface area is 178 Å². The van der Waals surface area contributed by atoms with E-state index in [1.165, 1.54) is 11.0 Å². The molecule has 2 aromatic rings. The van der Waals surface area contributed by atoms with Gasteiger partial charge in [0.15, 0.2) is 6.61 Å². The van der Waals surface area contributed by atoms with E-state index in [0.717, 1.165) is 12.0 Å². The lowest BCUT2D eigenvalue weighted by Gasteiger charge is -2.29.